The molecule has 110 valence electrons. The van der Waals surface area contributed by atoms with E-state index in [2.05, 4.69) is 10.3 Å². The van der Waals surface area contributed by atoms with Gasteiger partial charge in [0, 0.05) is 21.0 Å². The molecule has 3 nitrogen and oxygen atoms in total. The molecule has 1 aromatic heterocycles. The number of carbonyl (C=O) groups excluding carboxylic acids is 1. The molecule has 3 aromatic rings. The second-order valence-electron chi connectivity index (χ2n) is 4.75. The van der Waals surface area contributed by atoms with E-state index >= 15 is 0 Å². The topological polar surface area (TPSA) is 42.0 Å². The highest BCUT2D eigenvalue weighted by atomic mass is 35.5. The number of nitrogens with zero attached hydrogens (tertiary/aromatic N) is 1. The third-order valence-corrected chi connectivity index (χ3v) is 4.27. The maximum absolute atomic E-state index is 12.2. The Kier molecular flexibility index (Phi) is 4.22. The summed E-state index contributed by atoms with van der Waals surface area (Å²) in [5, 5.41) is 3.95. The second kappa shape index (κ2) is 6.30. The predicted molar refractivity (Wildman–Crippen MR) is 91.7 cm³/mol. The van der Waals surface area contributed by atoms with Gasteiger partial charge in [-0.15, -0.1) is 11.3 Å². The average molecular weight is 329 g/mol. The maximum Gasteiger partial charge on any atom is 0.257 e. The lowest BCUT2D eigenvalue weighted by Gasteiger charge is -2.01. The highest BCUT2D eigenvalue weighted by Gasteiger charge is 2.13. The van der Waals surface area contributed by atoms with Crippen LogP contribution in [0.3, 0.4) is 0 Å². The fraction of sp³-hybridized carbons (Fsp3) is 0.0588. The molecule has 1 amide bonds. The monoisotopic (exact) mass is 328 g/mol. The first-order valence-electron chi connectivity index (χ1n) is 6.73. The molecule has 0 aliphatic heterocycles. The summed E-state index contributed by atoms with van der Waals surface area (Å²) in [6, 6.07) is 16.8. The van der Waals surface area contributed by atoms with E-state index < -0.39 is 0 Å². The summed E-state index contributed by atoms with van der Waals surface area (Å²) >= 11 is 7.37. The van der Waals surface area contributed by atoms with Gasteiger partial charge in [-0.05, 0) is 25.1 Å². The van der Waals surface area contributed by atoms with Crippen molar-refractivity contribution in [3.63, 3.8) is 0 Å². The average Bonchev–Trinajstić information content (AvgIpc) is 2.88. The quantitative estimate of drug-likeness (QED) is 0.733. The molecule has 3 rings (SSSR count). The number of halogens is 1. The van der Waals surface area contributed by atoms with Crippen molar-refractivity contribution >= 4 is 34.0 Å². The Morgan fingerprint density at radius 1 is 1.14 bits per heavy atom. The fourth-order valence-corrected chi connectivity index (χ4v) is 3.13. The highest BCUT2D eigenvalue weighted by molar-refractivity contribution is 7.16. The lowest BCUT2D eigenvalue weighted by molar-refractivity contribution is 0.102. The van der Waals surface area contributed by atoms with E-state index in [1.54, 1.807) is 24.3 Å². The van der Waals surface area contributed by atoms with Gasteiger partial charge in [-0.1, -0.05) is 48.0 Å². The van der Waals surface area contributed by atoms with Gasteiger partial charge in [-0.3, -0.25) is 10.1 Å². The zero-order valence-corrected chi connectivity index (χ0v) is 13.4. The van der Waals surface area contributed by atoms with Crippen molar-refractivity contribution in [1.29, 1.82) is 0 Å². The maximum atomic E-state index is 12.2. The number of nitrogens with one attached hydrogen (secondary N) is 1. The van der Waals surface area contributed by atoms with Crippen molar-refractivity contribution in [2.45, 2.75) is 6.92 Å². The molecule has 0 spiro atoms. The minimum absolute atomic E-state index is 0.212. The Hall–Kier alpha value is -2.17. The number of hydrogen-bond donors (Lipinski definition) is 1. The van der Waals surface area contributed by atoms with Crippen LogP contribution in [-0.2, 0) is 0 Å². The number of thiazole rings is 1. The third kappa shape index (κ3) is 3.18. The van der Waals surface area contributed by atoms with Gasteiger partial charge in [0.2, 0.25) is 0 Å². The molecular weight excluding hydrogens is 316 g/mol. The van der Waals surface area contributed by atoms with Gasteiger partial charge in [-0.2, -0.15) is 0 Å². The molecule has 0 aliphatic carbocycles. The van der Waals surface area contributed by atoms with E-state index in [9.17, 15) is 4.79 Å². The second-order valence-corrected chi connectivity index (χ2v) is 6.39. The zero-order chi connectivity index (χ0) is 15.5. The largest absolute Gasteiger partial charge is 0.298 e. The molecule has 0 aliphatic rings. The number of rotatable bonds is 3. The Bertz CT molecular complexity index is 815. The molecule has 0 saturated heterocycles. The van der Waals surface area contributed by atoms with Gasteiger partial charge in [0.05, 0.1) is 5.69 Å². The Labute approximate surface area is 137 Å². The number of aryl methyl sites for hydroxylation is 1. The van der Waals surface area contributed by atoms with Crippen LogP contribution < -0.4 is 5.32 Å². The van der Waals surface area contributed by atoms with Gasteiger partial charge in [0.15, 0.2) is 5.13 Å². The number of benzene rings is 2. The Morgan fingerprint density at radius 3 is 2.64 bits per heavy atom. The molecule has 1 heterocycles. The van der Waals surface area contributed by atoms with Crippen molar-refractivity contribution < 1.29 is 4.79 Å². The first-order valence-corrected chi connectivity index (χ1v) is 7.93. The van der Waals surface area contributed by atoms with Crippen LogP contribution in [0.1, 0.15) is 15.2 Å². The molecule has 22 heavy (non-hydrogen) atoms. The normalized spacial score (nSPS) is 10.5. The molecular formula is C17H13ClN2OS. The molecule has 2 aromatic carbocycles. The number of aromatic nitrogens is 1. The summed E-state index contributed by atoms with van der Waals surface area (Å²) in [5.41, 5.74) is 2.45. The number of carbonyl (C=O) groups is 1. The first kappa shape index (κ1) is 14.8. The van der Waals surface area contributed by atoms with Crippen LogP contribution in [0.4, 0.5) is 5.13 Å². The lowest BCUT2D eigenvalue weighted by atomic mass is 10.1. The molecule has 0 fully saturated rings. The molecule has 5 heteroatoms. The predicted octanol–water partition coefficient (Wildman–Crippen LogP) is 5.02. The summed E-state index contributed by atoms with van der Waals surface area (Å²) in [6.45, 7) is 2.00. The van der Waals surface area contributed by atoms with Crippen LogP contribution in [0, 0.1) is 6.92 Å². The minimum atomic E-state index is -0.212. The van der Waals surface area contributed by atoms with Crippen molar-refractivity contribution in [3.8, 4) is 11.3 Å². The fourth-order valence-electron chi connectivity index (χ4n) is 2.11. The molecule has 0 unspecified atom stereocenters. The zero-order valence-electron chi connectivity index (χ0n) is 11.8. The van der Waals surface area contributed by atoms with Crippen LogP contribution in [-0.4, -0.2) is 10.9 Å². The van der Waals surface area contributed by atoms with E-state index in [4.69, 9.17) is 11.6 Å². The van der Waals surface area contributed by atoms with Crippen molar-refractivity contribution in [3.05, 3.63) is 70.1 Å². The van der Waals surface area contributed by atoms with E-state index in [1.807, 2.05) is 37.3 Å². The number of hydrogen-bond acceptors (Lipinski definition) is 3. The van der Waals surface area contributed by atoms with Gasteiger partial charge in [0.25, 0.3) is 5.91 Å². The van der Waals surface area contributed by atoms with Gasteiger partial charge in [-0.25, -0.2) is 4.98 Å². The van der Waals surface area contributed by atoms with Crippen LogP contribution in [0.5, 0.6) is 0 Å². The summed E-state index contributed by atoms with van der Waals surface area (Å²) in [5.74, 6) is -0.212. The summed E-state index contributed by atoms with van der Waals surface area (Å²) in [7, 11) is 0. The molecule has 0 bridgehead atoms. The molecule has 0 saturated carbocycles. The van der Waals surface area contributed by atoms with Crippen molar-refractivity contribution in [2.24, 2.45) is 0 Å². The van der Waals surface area contributed by atoms with Gasteiger partial charge < -0.3 is 0 Å². The van der Waals surface area contributed by atoms with Crippen LogP contribution in [0.15, 0.2) is 54.6 Å². The molecule has 1 N–H and O–H groups in total. The van der Waals surface area contributed by atoms with E-state index in [0.29, 0.717) is 15.7 Å². The van der Waals surface area contributed by atoms with E-state index in [0.717, 1.165) is 16.1 Å². The van der Waals surface area contributed by atoms with Crippen LogP contribution in [0.2, 0.25) is 5.02 Å². The van der Waals surface area contributed by atoms with Gasteiger partial charge in [0.1, 0.15) is 0 Å². The summed E-state index contributed by atoms with van der Waals surface area (Å²) < 4.78 is 0. The standard InChI is InChI=1S/C17H13ClN2OS/c1-11-15(12-6-3-2-4-7-12)19-17(22-11)20-16(21)13-8-5-9-14(18)10-13/h2-10H,1H3,(H,19,20,21). The van der Waals surface area contributed by atoms with Crippen molar-refractivity contribution in [2.75, 3.05) is 5.32 Å². The number of anilines is 1. The summed E-state index contributed by atoms with van der Waals surface area (Å²) in [4.78, 5) is 17.8. The highest BCUT2D eigenvalue weighted by Crippen LogP contribution is 2.30. The Balaban J connectivity index is 1.84. The smallest absolute Gasteiger partial charge is 0.257 e. The van der Waals surface area contributed by atoms with Crippen LogP contribution in [0.25, 0.3) is 11.3 Å². The van der Waals surface area contributed by atoms with Crippen molar-refractivity contribution in [1.82, 2.24) is 4.98 Å². The lowest BCUT2D eigenvalue weighted by Crippen LogP contribution is -2.11. The van der Waals surface area contributed by atoms with E-state index in [1.165, 1.54) is 11.3 Å². The number of amides is 1. The van der Waals surface area contributed by atoms with E-state index in [-0.39, 0.29) is 5.91 Å². The SMILES string of the molecule is Cc1sc(NC(=O)c2cccc(Cl)c2)nc1-c1ccccc1. The first-order chi connectivity index (χ1) is 10.6. The van der Waals surface area contributed by atoms with Crippen LogP contribution >= 0.6 is 22.9 Å². The molecule has 0 atom stereocenters. The summed E-state index contributed by atoms with van der Waals surface area (Å²) in [6.07, 6.45) is 0. The third-order valence-electron chi connectivity index (χ3n) is 3.15. The minimum Gasteiger partial charge on any atom is -0.298 e. The van der Waals surface area contributed by atoms with Gasteiger partial charge >= 0.3 is 0 Å². The Morgan fingerprint density at radius 2 is 1.91 bits per heavy atom. The molecule has 0 radical (unpaired) electrons.